The molecule has 31 heavy (non-hydrogen) atoms. The second kappa shape index (κ2) is 9.42. The lowest BCUT2D eigenvalue weighted by molar-refractivity contribution is -0.137. The Hall–Kier alpha value is -2.35. The number of nitrogens with zero attached hydrogens (tertiary/aromatic N) is 1. The van der Waals surface area contributed by atoms with Gasteiger partial charge in [0.15, 0.2) is 0 Å². The summed E-state index contributed by atoms with van der Waals surface area (Å²) in [5.41, 5.74) is 2.80. The predicted octanol–water partition coefficient (Wildman–Crippen LogP) is 5.18. The van der Waals surface area contributed by atoms with Gasteiger partial charge in [0.25, 0.3) is 0 Å². The average Bonchev–Trinajstić information content (AvgIpc) is 3.03. The van der Waals surface area contributed by atoms with Crippen LogP contribution in [0, 0.1) is 5.92 Å². The molecule has 0 fully saturated rings. The summed E-state index contributed by atoms with van der Waals surface area (Å²) in [5, 5.41) is 9.50. The van der Waals surface area contributed by atoms with Crippen molar-refractivity contribution in [2.45, 2.75) is 42.1 Å². The Morgan fingerprint density at radius 1 is 1.23 bits per heavy atom. The zero-order valence-corrected chi connectivity index (χ0v) is 19.6. The highest BCUT2D eigenvalue weighted by Crippen LogP contribution is 2.45. The minimum Gasteiger partial charge on any atom is -0.489 e. The van der Waals surface area contributed by atoms with Crippen LogP contribution in [0.15, 0.2) is 66.3 Å². The van der Waals surface area contributed by atoms with Crippen LogP contribution in [0.1, 0.15) is 37.7 Å². The van der Waals surface area contributed by atoms with Crippen molar-refractivity contribution < 1.29 is 19.4 Å². The van der Waals surface area contributed by atoms with Crippen LogP contribution in [0.5, 0.6) is 5.75 Å². The first-order valence-electron chi connectivity index (χ1n) is 10.6. The van der Waals surface area contributed by atoms with E-state index in [-0.39, 0.29) is 34.1 Å². The van der Waals surface area contributed by atoms with E-state index in [1.807, 2.05) is 49.4 Å². The maximum atomic E-state index is 13.5. The number of carbonyl (C=O) groups excluding carboxylic acids is 1. The summed E-state index contributed by atoms with van der Waals surface area (Å²) < 4.78 is 6.07. The van der Waals surface area contributed by atoms with E-state index in [1.54, 1.807) is 4.90 Å². The standard InChI is InChI=1S/C25H26INO4/c1-16-20(14-24(28)29)21-13-18(31-15-17-7-3-2-4-8-17)11-12-23(21)27(16)25(30)19-9-5-6-10-22(19)26/h3,5-13,16,19-20,22H,2,4,14-15H2,1H3,(H,28,29). The number of ether oxygens (including phenoxy) is 1. The summed E-state index contributed by atoms with van der Waals surface area (Å²) in [6.07, 6.45) is 16.3. The third-order valence-corrected chi connectivity index (χ3v) is 7.30. The van der Waals surface area contributed by atoms with Gasteiger partial charge in [0, 0.05) is 21.6 Å². The van der Waals surface area contributed by atoms with Crippen molar-refractivity contribution in [1.29, 1.82) is 0 Å². The van der Waals surface area contributed by atoms with Gasteiger partial charge >= 0.3 is 5.97 Å². The summed E-state index contributed by atoms with van der Waals surface area (Å²) in [5.74, 6) is -0.696. The van der Waals surface area contributed by atoms with Gasteiger partial charge in [-0.15, -0.1) is 0 Å². The number of aliphatic carboxylic acids is 1. The van der Waals surface area contributed by atoms with Gasteiger partial charge in [-0.05, 0) is 49.1 Å². The lowest BCUT2D eigenvalue weighted by Gasteiger charge is -2.30. The molecule has 3 aliphatic rings. The lowest BCUT2D eigenvalue weighted by atomic mass is 9.92. The molecular weight excluding hydrogens is 505 g/mol. The summed E-state index contributed by atoms with van der Waals surface area (Å²) in [7, 11) is 0. The molecule has 4 atom stereocenters. The highest BCUT2D eigenvalue weighted by Gasteiger charge is 2.42. The van der Waals surface area contributed by atoms with Crippen LogP contribution >= 0.6 is 22.6 Å². The van der Waals surface area contributed by atoms with Crippen LogP contribution in [0.4, 0.5) is 5.69 Å². The normalized spacial score (nSPS) is 26.5. The molecule has 0 saturated carbocycles. The van der Waals surface area contributed by atoms with Crippen LogP contribution in [-0.4, -0.2) is 33.6 Å². The molecule has 1 aromatic rings. The Morgan fingerprint density at radius 3 is 2.74 bits per heavy atom. The molecule has 1 heterocycles. The number of halogens is 1. The van der Waals surface area contributed by atoms with E-state index in [0.29, 0.717) is 12.4 Å². The molecule has 0 bridgehead atoms. The molecule has 162 valence electrons. The van der Waals surface area contributed by atoms with E-state index in [4.69, 9.17) is 4.74 Å². The van der Waals surface area contributed by atoms with Crippen LogP contribution in [0.3, 0.4) is 0 Å². The number of benzene rings is 1. The molecule has 2 aliphatic carbocycles. The zero-order valence-electron chi connectivity index (χ0n) is 17.4. The Labute approximate surface area is 196 Å². The fourth-order valence-corrected chi connectivity index (χ4v) is 5.27. The number of fused-ring (bicyclic) bond motifs is 1. The largest absolute Gasteiger partial charge is 0.489 e. The first-order chi connectivity index (χ1) is 15.0. The molecule has 0 aromatic heterocycles. The van der Waals surface area contributed by atoms with Crippen molar-refractivity contribution in [2.24, 2.45) is 5.92 Å². The highest BCUT2D eigenvalue weighted by atomic mass is 127. The Bertz CT molecular complexity index is 993. The molecule has 0 spiro atoms. The van der Waals surface area contributed by atoms with Gasteiger partial charge in [0.1, 0.15) is 12.4 Å². The quantitative estimate of drug-likeness (QED) is 0.406. The fraction of sp³-hybridized carbons (Fsp3) is 0.360. The first kappa shape index (κ1) is 21.9. The minimum absolute atomic E-state index is 0.00723. The van der Waals surface area contributed by atoms with Crippen molar-refractivity contribution in [3.05, 3.63) is 71.9 Å². The van der Waals surface area contributed by atoms with Crippen LogP contribution in [-0.2, 0) is 9.59 Å². The van der Waals surface area contributed by atoms with E-state index in [9.17, 15) is 14.7 Å². The lowest BCUT2D eigenvalue weighted by Crippen LogP contribution is -2.43. The fourth-order valence-electron chi connectivity index (χ4n) is 4.49. The molecular formula is C25H26INO4. The van der Waals surface area contributed by atoms with Crippen molar-refractivity contribution in [3.63, 3.8) is 0 Å². The van der Waals surface area contributed by atoms with E-state index >= 15 is 0 Å². The molecule has 1 N–H and O–H groups in total. The van der Waals surface area contributed by atoms with Gasteiger partial charge in [0.2, 0.25) is 5.91 Å². The number of carbonyl (C=O) groups is 2. The maximum absolute atomic E-state index is 13.5. The highest BCUT2D eigenvalue weighted by molar-refractivity contribution is 14.1. The third-order valence-electron chi connectivity index (χ3n) is 6.11. The van der Waals surface area contributed by atoms with Gasteiger partial charge < -0.3 is 14.7 Å². The van der Waals surface area contributed by atoms with Crippen molar-refractivity contribution in [2.75, 3.05) is 11.5 Å². The molecule has 1 aromatic carbocycles. The second-order valence-electron chi connectivity index (χ2n) is 8.16. The summed E-state index contributed by atoms with van der Waals surface area (Å²) >= 11 is 2.28. The number of alkyl halides is 1. The zero-order chi connectivity index (χ0) is 22.0. The summed E-state index contributed by atoms with van der Waals surface area (Å²) in [6, 6.07) is 5.45. The molecule has 0 saturated heterocycles. The molecule has 1 aliphatic heterocycles. The number of hydrogen-bond donors (Lipinski definition) is 1. The summed E-state index contributed by atoms with van der Waals surface area (Å²) in [4.78, 5) is 26.9. The van der Waals surface area contributed by atoms with Gasteiger partial charge in [-0.2, -0.15) is 0 Å². The number of anilines is 1. The van der Waals surface area contributed by atoms with E-state index in [0.717, 1.165) is 29.7 Å². The molecule has 4 rings (SSSR count). The van der Waals surface area contributed by atoms with Gasteiger partial charge in [-0.25, -0.2) is 0 Å². The first-order valence-corrected chi connectivity index (χ1v) is 11.9. The Morgan fingerprint density at radius 2 is 2.03 bits per heavy atom. The van der Waals surface area contributed by atoms with Crippen molar-refractivity contribution >= 4 is 40.2 Å². The van der Waals surface area contributed by atoms with Crippen molar-refractivity contribution in [1.82, 2.24) is 0 Å². The minimum atomic E-state index is -0.867. The number of carboxylic acids is 1. The third kappa shape index (κ3) is 4.63. The Balaban J connectivity index is 1.61. The Kier molecular flexibility index (Phi) is 6.65. The smallest absolute Gasteiger partial charge is 0.304 e. The maximum Gasteiger partial charge on any atom is 0.304 e. The van der Waals surface area contributed by atoms with Crippen molar-refractivity contribution in [3.8, 4) is 5.75 Å². The number of rotatable bonds is 6. The molecule has 0 radical (unpaired) electrons. The number of hydrogen-bond acceptors (Lipinski definition) is 3. The topological polar surface area (TPSA) is 66.8 Å². The molecule has 1 amide bonds. The van der Waals surface area contributed by atoms with Crippen LogP contribution in [0.25, 0.3) is 0 Å². The summed E-state index contributed by atoms with van der Waals surface area (Å²) in [6.45, 7) is 2.42. The van der Waals surface area contributed by atoms with Crippen LogP contribution in [0.2, 0.25) is 0 Å². The molecule has 4 unspecified atom stereocenters. The van der Waals surface area contributed by atoms with Crippen LogP contribution < -0.4 is 9.64 Å². The average molecular weight is 531 g/mol. The number of amides is 1. The monoisotopic (exact) mass is 531 g/mol. The second-order valence-corrected chi connectivity index (χ2v) is 9.60. The van der Waals surface area contributed by atoms with Gasteiger partial charge in [-0.3, -0.25) is 9.59 Å². The number of carboxylic acid groups (broad SMARTS) is 1. The van der Waals surface area contributed by atoms with E-state index in [2.05, 4.69) is 40.8 Å². The van der Waals surface area contributed by atoms with Gasteiger partial charge in [0.05, 0.1) is 12.3 Å². The van der Waals surface area contributed by atoms with E-state index < -0.39 is 5.97 Å². The SMILES string of the molecule is CC1C(CC(=O)O)c2cc(OCC3=CCCC=C3)ccc2N1C(=O)C1C=CC=CC1I. The number of allylic oxidation sites excluding steroid dienone is 5. The van der Waals surface area contributed by atoms with Gasteiger partial charge in [-0.1, -0.05) is 65.1 Å². The predicted molar refractivity (Wildman–Crippen MR) is 130 cm³/mol. The molecule has 5 nitrogen and oxygen atoms in total. The van der Waals surface area contributed by atoms with E-state index in [1.165, 1.54) is 0 Å². The molecule has 6 heteroatoms.